The largest absolute Gasteiger partial charge is 0.375 e. The quantitative estimate of drug-likeness (QED) is 0.555. The second-order valence-electron chi connectivity index (χ2n) is 9.84. The molecule has 1 aliphatic heterocycles. The fraction of sp³-hybridized carbons (Fsp3) is 0.536. The number of hydrogen-bond donors (Lipinski definition) is 0. The second kappa shape index (κ2) is 11.3. The SMILES string of the molecule is COCC(=O)N(CC1CN(Cc2cc(C)ccc2F)CC1c1ccccc1)C1CCCCC1. The van der Waals surface area contributed by atoms with Gasteiger partial charge in [-0.15, -0.1) is 0 Å². The predicted molar refractivity (Wildman–Crippen MR) is 130 cm³/mol. The van der Waals surface area contributed by atoms with E-state index in [0.29, 0.717) is 24.4 Å². The third-order valence-corrected chi connectivity index (χ3v) is 7.37. The summed E-state index contributed by atoms with van der Waals surface area (Å²) in [6.45, 7) is 5.21. The number of carbonyl (C=O) groups is 1. The molecular formula is C28H37FN2O2. The van der Waals surface area contributed by atoms with Gasteiger partial charge in [-0.2, -0.15) is 0 Å². The summed E-state index contributed by atoms with van der Waals surface area (Å²) in [4.78, 5) is 17.5. The normalized spacial score (nSPS) is 21.9. The summed E-state index contributed by atoms with van der Waals surface area (Å²) >= 11 is 0. The van der Waals surface area contributed by atoms with Crippen LogP contribution < -0.4 is 0 Å². The van der Waals surface area contributed by atoms with Crippen LogP contribution in [-0.4, -0.2) is 55.1 Å². The lowest BCUT2D eigenvalue weighted by Gasteiger charge is -2.37. The summed E-state index contributed by atoms with van der Waals surface area (Å²) in [7, 11) is 1.59. The van der Waals surface area contributed by atoms with E-state index in [2.05, 4.69) is 34.1 Å². The molecule has 4 nitrogen and oxygen atoms in total. The van der Waals surface area contributed by atoms with E-state index in [1.807, 2.05) is 25.1 Å². The molecule has 1 amide bonds. The molecule has 178 valence electrons. The van der Waals surface area contributed by atoms with Crippen LogP contribution >= 0.6 is 0 Å². The van der Waals surface area contributed by atoms with Crippen molar-refractivity contribution in [3.63, 3.8) is 0 Å². The van der Waals surface area contributed by atoms with E-state index in [1.165, 1.54) is 24.8 Å². The van der Waals surface area contributed by atoms with Crippen molar-refractivity contribution in [2.75, 3.05) is 33.4 Å². The van der Waals surface area contributed by atoms with Crippen molar-refractivity contribution in [3.05, 3.63) is 71.0 Å². The van der Waals surface area contributed by atoms with E-state index < -0.39 is 0 Å². The van der Waals surface area contributed by atoms with Crippen LogP contribution in [0.25, 0.3) is 0 Å². The Labute approximate surface area is 197 Å². The van der Waals surface area contributed by atoms with E-state index in [1.54, 1.807) is 13.2 Å². The molecule has 0 radical (unpaired) electrons. The topological polar surface area (TPSA) is 32.8 Å². The Morgan fingerprint density at radius 1 is 1.09 bits per heavy atom. The Bertz CT molecular complexity index is 913. The van der Waals surface area contributed by atoms with Crippen LogP contribution in [0, 0.1) is 18.7 Å². The lowest BCUT2D eigenvalue weighted by molar-refractivity contribution is -0.139. The molecule has 2 aromatic carbocycles. The predicted octanol–water partition coefficient (Wildman–Crippen LogP) is 5.16. The molecule has 2 aromatic rings. The Morgan fingerprint density at radius 2 is 1.85 bits per heavy atom. The third-order valence-electron chi connectivity index (χ3n) is 7.37. The molecule has 2 unspecified atom stereocenters. The lowest BCUT2D eigenvalue weighted by Crippen LogP contribution is -2.46. The fourth-order valence-electron chi connectivity index (χ4n) is 5.72. The first-order valence-corrected chi connectivity index (χ1v) is 12.4. The van der Waals surface area contributed by atoms with Gasteiger partial charge in [0, 0.05) is 50.8 Å². The van der Waals surface area contributed by atoms with Gasteiger partial charge in [0.05, 0.1) is 0 Å². The number of halogens is 1. The molecule has 1 aliphatic carbocycles. The zero-order valence-corrected chi connectivity index (χ0v) is 20.0. The van der Waals surface area contributed by atoms with Gasteiger partial charge in [0.1, 0.15) is 12.4 Å². The van der Waals surface area contributed by atoms with Gasteiger partial charge in [-0.05, 0) is 37.3 Å². The van der Waals surface area contributed by atoms with Crippen molar-refractivity contribution < 1.29 is 13.9 Å². The molecule has 2 atom stereocenters. The number of likely N-dealkylation sites (tertiary alicyclic amines) is 1. The minimum atomic E-state index is -0.139. The minimum Gasteiger partial charge on any atom is -0.375 e. The van der Waals surface area contributed by atoms with Crippen molar-refractivity contribution in [1.29, 1.82) is 0 Å². The number of amides is 1. The summed E-state index contributed by atoms with van der Waals surface area (Å²) in [5, 5.41) is 0. The van der Waals surface area contributed by atoms with Gasteiger partial charge in [-0.3, -0.25) is 9.69 Å². The molecule has 0 aromatic heterocycles. The van der Waals surface area contributed by atoms with Gasteiger partial charge in [-0.1, -0.05) is 67.3 Å². The van der Waals surface area contributed by atoms with Crippen LogP contribution in [0.15, 0.2) is 48.5 Å². The van der Waals surface area contributed by atoms with E-state index in [9.17, 15) is 9.18 Å². The Hall–Kier alpha value is -2.24. The highest BCUT2D eigenvalue weighted by atomic mass is 19.1. The lowest BCUT2D eigenvalue weighted by atomic mass is 9.87. The molecular weight excluding hydrogens is 415 g/mol. The number of nitrogens with zero attached hydrogens (tertiary/aromatic N) is 2. The van der Waals surface area contributed by atoms with Crippen molar-refractivity contribution in [2.24, 2.45) is 5.92 Å². The van der Waals surface area contributed by atoms with E-state index in [-0.39, 0.29) is 18.3 Å². The number of carbonyl (C=O) groups excluding carboxylic acids is 1. The molecule has 0 bridgehead atoms. The van der Waals surface area contributed by atoms with Crippen LogP contribution in [0.2, 0.25) is 0 Å². The number of benzene rings is 2. The van der Waals surface area contributed by atoms with Crippen LogP contribution in [0.3, 0.4) is 0 Å². The molecule has 4 rings (SSSR count). The molecule has 1 heterocycles. The van der Waals surface area contributed by atoms with Gasteiger partial charge in [-0.25, -0.2) is 4.39 Å². The highest BCUT2D eigenvalue weighted by Crippen LogP contribution is 2.36. The van der Waals surface area contributed by atoms with Gasteiger partial charge in [0.15, 0.2) is 0 Å². The van der Waals surface area contributed by atoms with E-state index in [4.69, 9.17) is 4.74 Å². The molecule has 2 fully saturated rings. The molecule has 2 aliphatic rings. The summed E-state index contributed by atoms with van der Waals surface area (Å²) < 4.78 is 19.7. The Morgan fingerprint density at radius 3 is 2.58 bits per heavy atom. The molecule has 1 saturated carbocycles. The molecule has 33 heavy (non-hydrogen) atoms. The van der Waals surface area contributed by atoms with Crippen LogP contribution in [0.1, 0.15) is 54.7 Å². The van der Waals surface area contributed by atoms with Crippen LogP contribution in [-0.2, 0) is 16.1 Å². The summed E-state index contributed by atoms with van der Waals surface area (Å²) in [6.07, 6.45) is 5.79. The maximum absolute atomic E-state index is 14.5. The smallest absolute Gasteiger partial charge is 0.248 e. The number of ether oxygens (including phenoxy) is 1. The maximum Gasteiger partial charge on any atom is 0.248 e. The maximum atomic E-state index is 14.5. The third kappa shape index (κ3) is 6.01. The van der Waals surface area contributed by atoms with Gasteiger partial charge in [0.2, 0.25) is 5.91 Å². The van der Waals surface area contributed by atoms with E-state index >= 15 is 0 Å². The molecule has 0 spiro atoms. The highest BCUT2D eigenvalue weighted by molar-refractivity contribution is 5.77. The van der Waals surface area contributed by atoms with E-state index in [0.717, 1.165) is 43.6 Å². The number of aryl methyl sites for hydroxylation is 1. The highest BCUT2D eigenvalue weighted by Gasteiger charge is 2.37. The number of methoxy groups -OCH3 is 1. The molecule has 0 N–H and O–H groups in total. The first kappa shape index (κ1) is 23.9. The summed E-state index contributed by atoms with van der Waals surface area (Å²) in [5.74, 6) is 0.585. The number of rotatable bonds is 8. The van der Waals surface area contributed by atoms with Crippen molar-refractivity contribution in [1.82, 2.24) is 9.80 Å². The Balaban J connectivity index is 1.56. The molecule has 1 saturated heterocycles. The first-order chi connectivity index (χ1) is 16.0. The monoisotopic (exact) mass is 452 g/mol. The second-order valence-corrected chi connectivity index (χ2v) is 9.84. The standard InChI is InChI=1S/C28H37FN2O2/c1-21-13-14-27(29)23(15-21)16-30-17-24(26(19-30)22-9-5-3-6-10-22)18-31(28(32)20-33-2)25-11-7-4-8-12-25/h3,5-6,9-10,13-15,24-26H,4,7-8,11-12,16-20H2,1-2H3. The van der Waals surface area contributed by atoms with Crippen molar-refractivity contribution >= 4 is 5.91 Å². The van der Waals surface area contributed by atoms with Crippen molar-refractivity contribution in [2.45, 2.75) is 57.5 Å². The average Bonchev–Trinajstić information content (AvgIpc) is 3.23. The average molecular weight is 453 g/mol. The molecule has 5 heteroatoms. The van der Waals surface area contributed by atoms with Crippen LogP contribution in [0.4, 0.5) is 4.39 Å². The van der Waals surface area contributed by atoms with Gasteiger partial charge in [0.25, 0.3) is 0 Å². The summed E-state index contributed by atoms with van der Waals surface area (Å²) in [6, 6.07) is 16.3. The van der Waals surface area contributed by atoms with Crippen molar-refractivity contribution in [3.8, 4) is 0 Å². The number of hydrogen-bond acceptors (Lipinski definition) is 3. The van der Waals surface area contributed by atoms with Gasteiger partial charge < -0.3 is 9.64 Å². The zero-order valence-electron chi connectivity index (χ0n) is 20.0. The van der Waals surface area contributed by atoms with Gasteiger partial charge >= 0.3 is 0 Å². The Kier molecular flexibility index (Phi) is 8.15. The van der Waals surface area contributed by atoms with Crippen LogP contribution in [0.5, 0.6) is 0 Å². The fourth-order valence-corrected chi connectivity index (χ4v) is 5.72. The first-order valence-electron chi connectivity index (χ1n) is 12.4. The minimum absolute atomic E-state index is 0.0967. The zero-order chi connectivity index (χ0) is 23.2. The summed E-state index contributed by atoms with van der Waals surface area (Å²) in [5.41, 5.74) is 3.13.